The van der Waals surface area contributed by atoms with Crippen molar-refractivity contribution in [2.75, 3.05) is 6.61 Å². The van der Waals surface area contributed by atoms with Gasteiger partial charge in [0.2, 0.25) is 0 Å². The van der Waals surface area contributed by atoms with Gasteiger partial charge in [0.15, 0.2) is 5.78 Å². The van der Waals surface area contributed by atoms with Gasteiger partial charge in [-0.15, -0.1) is 0 Å². The monoisotopic (exact) mass is 246 g/mol. The summed E-state index contributed by atoms with van der Waals surface area (Å²) in [7, 11) is 0. The zero-order valence-electron chi connectivity index (χ0n) is 10.7. The van der Waals surface area contributed by atoms with Crippen molar-refractivity contribution in [1.82, 2.24) is 0 Å². The lowest BCUT2D eigenvalue weighted by Gasteiger charge is -2.28. The molecule has 0 spiro atoms. The number of hydrogen-bond donors (Lipinski definition) is 2. The highest BCUT2D eigenvalue weighted by Gasteiger charge is 2.31. The number of rotatable bonds is 2. The summed E-state index contributed by atoms with van der Waals surface area (Å²) in [5.41, 5.74) is 4.12. The highest BCUT2D eigenvalue weighted by Crippen LogP contribution is 2.36. The Morgan fingerprint density at radius 3 is 2.78 bits per heavy atom. The van der Waals surface area contributed by atoms with Crippen molar-refractivity contribution in [3.05, 3.63) is 41.0 Å². The summed E-state index contributed by atoms with van der Waals surface area (Å²) in [6.07, 6.45) is -0.430. The smallest absolute Gasteiger partial charge is 0.191 e. The van der Waals surface area contributed by atoms with Crippen LogP contribution in [0.2, 0.25) is 0 Å². The molecule has 18 heavy (non-hydrogen) atoms. The van der Waals surface area contributed by atoms with Crippen LogP contribution in [0.25, 0.3) is 5.57 Å². The van der Waals surface area contributed by atoms with Crippen LogP contribution in [0.5, 0.6) is 0 Å². The first kappa shape index (κ1) is 13.0. The van der Waals surface area contributed by atoms with Gasteiger partial charge in [0.25, 0.3) is 0 Å². The number of ketones is 1. The van der Waals surface area contributed by atoms with E-state index in [1.807, 2.05) is 13.8 Å². The van der Waals surface area contributed by atoms with Crippen molar-refractivity contribution in [3.8, 4) is 0 Å². The zero-order chi connectivity index (χ0) is 13.4. The van der Waals surface area contributed by atoms with Gasteiger partial charge in [-0.3, -0.25) is 4.79 Å². The number of carbonyl (C=O) groups is 1. The largest absolute Gasteiger partial charge is 0.392 e. The summed E-state index contributed by atoms with van der Waals surface area (Å²) in [5.74, 6) is -0.0634. The van der Waals surface area contributed by atoms with Gasteiger partial charge in [0, 0.05) is 5.56 Å². The van der Waals surface area contributed by atoms with Crippen molar-refractivity contribution in [3.63, 3.8) is 0 Å². The second-order valence-electron chi connectivity index (χ2n) is 4.98. The molecular formula is C15H18O3. The molecule has 0 fully saturated rings. The Hall–Kier alpha value is -1.45. The third-order valence-corrected chi connectivity index (χ3v) is 3.72. The van der Waals surface area contributed by atoms with Crippen LogP contribution >= 0.6 is 0 Å². The van der Waals surface area contributed by atoms with Crippen LogP contribution in [-0.2, 0) is 0 Å². The second kappa shape index (κ2) is 4.67. The zero-order valence-corrected chi connectivity index (χ0v) is 10.7. The van der Waals surface area contributed by atoms with E-state index in [-0.39, 0.29) is 18.3 Å². The van der Waals surface area contributed by atoms with Crippen LogP contribution in [0.3, 0.4) is 0 Å². The molecule has 96 valence electrons. The van der Waals surface area contributed by atoms with Crippen LogP contribution in [-0.4, -0.2) is 28.7 Å². The van der Waals surface area contributed by atoms with Gasteiger partial charge in [-0.1, -0.05) is 25.6 Å². The highest BCUT2D eigenvalue weighted by atomic mass is 16.3. The van der Waals surface area contributed by atoms with Gasteiger partial charge in [-0.2, -0.15) is 0 Å². The van der Waals surface area contributed by atoms with E-state index in [4.69, 9.17) is 0 Å². The maximum absolute atomic E-state index is 11.9. The van der Waals surface area contributed by atoms with Crippen LogP contribution in [0.1, 0.15) is 46.3 Å². The molecule has 0 saturated carbocycles. The SMILES string of the molecule is C=C(CO)c1ccc2c(c1C)[C@@H](C)C[C@H](O)C2=O. The molecule has 1 aliphatic carbocycles. The Morgan fingerprint density at radius 1 is 1.50 bits per heavy atom. The molecule has 1 aromatic rings. The molecule has 0 saturated heterocycles. The summed E-state index contributed by atoms with van der Waals surface area (Å²) < 4.78 is 0. The van der Waals surface area contributed by atoms with Crippen LogP contribution < -0.4 is 0 Å². The third-order valence-electron chi connectivity index (χ3n) is 3.72. The second-order valence-corrected chi connectivity index (χ2v) is 4.98. The van der Waals surface area contributed by atoms with Crippen molar-refractivity contribution >= 4 is 11.4 Å². The molecule has 2 N–H and O–H groups in total. The van der Waals surface area contributed by atoms with Gasteiger partial charge in [-0.05, 0) is 41.5 Å². The van der Waals surface area contributed by atoms with E-state index >= 15 is 0 Å². The number of benzene rings is 1. The average molecular weight is 246 g/mol. The van der Waals surface area contributed by atoms with E-state index in [0.717, 1.165) is 16.7 Å². The summed E-state index contributed by atoms with van der Waals surface area (Å²) >= 11 is 0. The standard InChI is InChI=1S/C15H18O3/c1-8-6-13(17)15(18)12-5-4-11(9(2)7-16)10(3)14(8)12/h4-5,8,13,16-17H,2,6-7H2,1,3H3/t8-,13-/m0/s1. The molecule has 2 atom stereocenters. The topological polar surface area (TPSA) is 57.5 Å². The molecule has 0 radical (unpaired) electrons. The molecule has 0 unspecified atom stereocenters. The van der Waals surface area contributed by atoms with Crippen LogP contribution in [0.15, 0.2) is 18.7 Å². The maximum Gasteiger partial charge on any atom is 0.191 e. The van der Waals surface area contributed by atoms with E-state index < -0.39 is 6.10 Å². The number of carbonyl (C=O) groups excluding carboxylic acids is 1. The minimum absolute atomic E-state index is 0.0927. The normalized spacial score (nSPS) is 22.8. The average Bonchev–Trinajstić information content (AvgIpc) is 2.34. The van der Waals surface area contributed by atoms with E-state index in [1.165, 1.54) is 0 Å². The fraction of sp³-hybridized carbons (Fsp3) is 0.400. The Morgan fingerprint density at radius 2 is 2.17 bits per heavy atom. The fourth-order valence-electron chi connectivity index (χ4n) is 2.79. The summed E-state index contributed by atoms with van der Waals surface area (Å²) in [5, 5.41) is 18.9. The lowest BCUT2D eigenvalue weighted by atomic mass is 9.77. The predicted octanol–water partition coefficient (Wildman–Crippen LogP) is 2.05. The molecule has 1 aromatic carbocycles. The van der Waals surface area contributed by atoms with Crippen LogP contribution in [0.4, 0.5) is 0 Å². The van der Waals surface area contributed by atoms with Gasteiger partial charge in [-0.25, -0.2) is 0 Å². The molecule has 0 bridgehead atoms. The van der Waals surface area contributed by atoms with E-state index in [9.17, 15) is 15.0 Å². The van der Waals surface area contributed by atoms with Crippen molar-refractivity contribution in [2.24, 2.45) is 0 Å². The number of hydrogen-bond acceptors (Lipinski definition) is 3. The molecule has 1 aliphatic rings. The number of aliphatic hydroxyl groups is 2. The first-order chi connectivity index (χ1) is 8.47. The molecule has 0 amide bonds. The van der Waals surface area contributed by atoms with E-state index in [2.05, 4.69) is 6.58 Å². The quantitative estimate of drug-likeness (QED) is 0.839. The minimum atomic E-state index is -0.890. The fourth-order valence-corrected chi connectivity index (χ4v) is 2.79. The van der Waals surface area contributed by atoms with Crippen LogP contribution in [0, 0.1) is 6.92 Å². The van der Waals surface area contributed by atoms with Gasteiger partial charge < -0.3 is 10.2 Å². The molecule has 0 aliphatic heterocycles. The summed E-state index contributed by atoms with van der Waals surface area (Å²) in [6, 6.07) is 3.54. The third kappa shape index (κ3) is 1.89. The molecule has 3 heteroatoms. The lowest BCUT2D eigenvalue weighted by molar-refractivity contribution is 0.0694. The number of fused-ring (bicyclic) bond motifs is 1. The predicted molar refractivity (Wildman–Crippen MR) is 70.7 cm³/mol. The molecular weight excluding hydrogens is 228 g/mol. The van der Waals surface area contributed by atoms with Gasteiger partial charge in [0.05, 0.1) is 6.61 Å². The molecule has 0 heterocycles. The Kier molecular flexibility index (Phi) is 3.37. The van der Waals surface area contributed by atoms with E-state index in [1.54, 1.807) is 12.1 Å². The summed E-state index contributed by atoms with van der Waals surface area (Å²) in [4.78, 5) is 11.9. The number of aliphatic hydroxyl groups excluding tert-OH is 2. The lowest BCUT2D eigenvalue weighted by Crippen LogP contribution is -2.29. The molecule has 0 aromatic heterocycles. The first-order valence-corrected chi connectivity index (χ1v) is 6.12. The minimum Gasteiger partial charge on any atom is -0.392 e. The molecule has 2 rings (SSSR count). The van der Waals surface area contributed by atoms with Crippen molar-refractivity contribution in [1.29, 1.82) is 0 Å². The van der Waals surface area contributed by atoms with Crippen molar-refractivity contribution in [2.45, 2.75) is 32.3 Å². The number of Topliss-reactive ketones (excluding diaryl/α,β-unsaturated/α-hetero) is 1. The Bertz CT molecular complexity index is 517. The first-order valence-electron chi connectivity index (χ1n) is 6.12. The van der Waals surface area contributed by atoms with E-state index in [0.29, 0.717) is 17.6 Å². The van der Waals surface area contributed by atoms with Gasteiger partial charge >= 0.3 is 0 Å². The van der Waals surface area contributed by atoms with Crippen molar-refractivity contribution < 1.29 is 15.0 Å². The summed E-state index contributed by atoms with van der Waals surface area (Å²) in [6.45, 7) is 7.68. The Balaban J connectivity index is 2.61. The molecule has 3 nitrogen and oxygen atoms in total. The maximum atomic E-state index is 11.9. The van der Waals surface area contributed by atoms with Gasteiger partial charge in [0.1, 0.15) is 6.10 Å². The highest BCUT2D eigenvalue weighted by molar-refractivity contribution is 6.02. The Labute approximate surface area is 107 Å².